The van der Waals surface area contributed by atoms with Crippen molar-refractivity contribution in [1.29, 1.82) is 0 Å². The average Bonchev–Trinajstić information content (AvgIpc) is 2.13. The van der Waals surface area contributed by atoms with E-state index in [0.717, 1.165) is 11.3 Å². The van der Waals surface area contributed by atoms with Gasteiger partial charge >= 0.3 is 0 Å². The minimum Gasteiger partial charge on any atom is -0.382 e. The van der Waals surface area contributed by atoms with E-state index in [-0.39, 0.29) is 5.82 Å². The second kappa shape index (κ2) is 4.97. The lowest BCUT2D eigenvalue weighted by Gasteiger charge is -2.20. The van der Waals surface area contributed by atoms with E-state index < -0.39 is 0 Å². The Labute approximate surface area is 99.2 Å². The zero-order chi connectivity index (χ0) is 11.6. The molecule has 1 rings (SSSR count). The molecule has 1 unspecified atom stereocenters. The summed E-state index contributed by atoms with van der Waals surface area (Å²) >= 11 is 3.19. The van der Waals surface area contributed by atoms with E-state index in [1.54, 1.807) is 12.1 Å². The Hall–Kier alpha value is -0.570. The first kappa shape index (κ1) is 12.5. The highest BCUT2D eigenvalue weighted by atomic mass is 79.9. The number of hydrogen-bond acceptors (Lipinski definition) is 1. The van der Waals surface area contributed by atoms with E-state index in [9.17, 15) is 4.39 Å². The summed E-state index contributed by atoms with van der Waals surface area (Å²) in [5.41, 5.74) is 1.92. The van der Waals surface area contributed by atoms with Gasteiger partial charge < -0.3 is 5.32 Å². The largest absolute Gasteiger partial charge is 0.382 e. The van der Waals surface area contributed by atoms with Gasteiger partial charge in [0.1, 0.15) is 5.82 Å². The number of hydrogen-bond donors (Lipinski definition) is 1. The molecule has 0 aliphatic heterocycles. The molecule has 3 heteroatoms. The van der Waals surface area contributed by atoms with E-state index in [2.05, 4.69) is 42.0 Å². The molecule has 1 N–H and O–H groups in total. The van der Waals surface area contributed by atoms with Gasteiger partial charge in [-0.25, -0.2) is 4.39 Å². The highest BCUT2D eigenvalue weighted by Gasteiger charge is 2.10. The molecule has 0 heterocycles. The first-order valence-corrected chi connectivity index (χ1v) is 5.93. The molecule has 0 fully saturated rings. The predicted octanol–water partition coefficient (Wildman–Crippen LogP) is 4.35. The highest BCUT2D eigenvalue weighted by Crippen LogP contribution is 2.25. The van der Waals surface area contributed by atoms with Gasteiger partial charge in [-0.2, -0.15) is 0 Å². The van der Waals surface area contributed by atoms with E-state index in [1.165, 1.54) is 0 Å². The Kier molecular flexibility index (Phi) is 4.14. The zero-order valence-electron chi connectivity index (χ0n) is 9.57. The summed E-state index contributed by atoms with van der Waals surface area (Å²) in [7, 11) is 0. The molecule has 0 radical (unpaired) electrons. The normalized spacial score (nSPS) is 13.0. The molecule has 0 aromatic heterocycles. The first-order valence-electron chi connectivity index (χ1n) is 5.14. The maximum Gasteiger partial charge on any atom is 0.137 e. The summed E-state index contributed by atoms with van der Waals surface area (Å²) < 4.78 is 13.7. The summed E-state index contributed by atoms with van der Waals surface area (Å²) in [6.07, 6.45) is 0. The van der Waals surface area contributed by atoms with Crippen molar-refractivity contribution in [3.63, 3.8) is 0 Å². The Morgan fingerprint density at radius 3 is 2.40 bits per heavy atom. The third-order valence-electron chi connectivity index (χ3n) is 2.65. The van der Waals surface area contributed by atoms with Gasteiger partial charge in [0.15, 0.2) is 0 Å². The third kappa shape index (κ3) is 3.20. The van der Waals surface area contributed by atoms with Gasteiger partial charge in [-0.3, -0.25) is 0 Å². The summed E-state index contributed by atoms with van der Waals surface area (Å²) in [6, 6.07) is 3.71. The van der Waals surface area contributed by atoms with Crippen LogP contribution < -0.4 is 5.32 Å². The smallest absolute Gasteiger partial charge is 0.137 e. The Morgan fingerprint density at radius 2 is 1.87 bits per heavy atom. The lowest BCUT2D eigenvalue weighted by molar-refractivity contribution is 0.559. The van der Waals surface area contributed by atoms with Crippen molar-refractivity contribution in [3.8, 4) is 0 Å². The van der Waals surface area contributed by atoms with E-state index in [4.69, 9.17) is 0 Å². The molecular weight excluding hydrogens is 257 g/mol. The maximum atomic E-state index is 13.2. The number of aryl methyl sites for hydroxylation is 1. The molecule has 15 heavy (non-hydrogen) atoms. The van der Waals surface area contributed by atoms with Gasteiger partial charge in [0, 0.05) is 11.7 Å². The predicted molar refractivity (Wildman–Crippen MR) is 66.8 cm³/mol. The van der Waals surface area contributed by atoms with Crippen LogP contribution in [0.1, 0.15) is 26.3 Å². The minimum atomic E-state index is -0.213. The molecule has 84 valence electrons. The molecule has 0 aliphatic carbocycles. The SMILES string of the molecule is Cc1cc(F)c(Br)cc1NC(C)C(C)C. The molecule has 1 nitrogen and oxygen atoms in total. The van der Waals surface area contributed by atoms with Crippen LogP contribution in [0.3, 0.4) is 0 Å². The van der Waals surface area contributed by atoms with E-state index >= 15 is 0 Å². The molecule has 0 saturated heterocycles. The first-order chi connectivity index (χ1) is 6.91. The van der Waals surface area contributed by atoms with Crippen LogP contribution in [0.25, 0.3) is 0 Å². The molecule has 1 atom stereocenters. The van der Waals surface area contributed by atoms with Crippen LogP contribution in [0.2, 0.25) is 0 Å². The highest BCUT2D eigenvalue weighted by molar-refractivity contribution is 9.10. The van der Waals surface area contributed by atoms with Crippen molar-refractivity contribution in [1.82, 2.24) is 0 Å². The van der Waals surface area contributed by atoms with Crippen LogP contribution in [0.4, 0.5) is 10.1 Å². The second-order valence-electron chi connectivity index (χ2n) is 4.26. The third-order valence-corrected chi connectivity index (χ3v) is 3.26. The van der Waals surface area contributed by atoms with Crippen LogP contribution >= 0.6 is 15.9 Å². The summed E-state index contributed by atoms with van der Waals surface area (Å²) in [4.78, 5) is 0. The fraction of sp³-hybridized carbons (Fsp3) is 0.500. The topological polar surface area (TPSA) is 12.0 Å². The summed E-state index contributed by atoms with van der Waals surface area (Å²) in [5.74, 6) is 0.337. The Balaban J connectivity index is 2.91. The number of anilines is 1. The monoisotopic (exact) mass is 273 g/mol. The van der Waals surface area contributed by atoms with Gasteiger partial charge in [0.2, 0.25) is 0 Å². The maximum absolute atomic E-state index is 13.2. The number of rotatable bonds is 3. The van der Waals surface area contributed by atoms with Crippen molar-refractivity contribution >= 4 is 21.6 Å². The van der Waals surface area contributed by atoms with E-state index in [0.29, 0.717) is 16.4 Å². The van der Waals surface area contributed by atoms with Crippen molar-refractivity contribution in [3.05, 3.63) is 28.0 Å². The zero-order valence-corrected chi connectivity index (χ0v) is 11.2. The van der Waals surface area contributed by atoms with E-state index in [1.807, 2.05) is 6.92 Å². The van der Waals surface area contributed by atoms with Crippen molar-refractivity contribution in [2.75, 3.05) is 5.32 Å². The van der Waals surface area contributed by atoms with Crippen LogP contribution in [-0.2, 0) is 0 Å². The van der Waals surface area contributed by atoms with Gasteiger partial charge in [0.25, 0.3) is 0 Å². The summed E-state index contributed by atoms with van der Waals surface area (Å²) in [6.45, 7) is 8.35. The molecular formula is C12H17BrFN. The summed E-state index contributed by atoms with van der Waals surface area (Å²) in [5, 5.41) is 3.38. The van der Waals surface area contributed by atoms with Gasteiger partial charge in [-0.15, -0.1) is 0 Å². The van der Waals surface area contributed by atoms with Crippen LogP contribution in [0.15, 0.2) is 16.6 Å². The molecule has 1 aromatic carbocycles. The molecule has 1 aromatic rings. The molecule has 0 amide bonds. The molecule has 0 saturated carbocycles. The molecule has 0 spiro atoms. The van der Waals surface area contributed by atoms with Crippen LogP contribution in [0.5, 0.6) is 0 Å². The lowest BCUT2D eigenvalue weighted by atomic mass is 10.1. The number of halogens is 2. The molecule has 0 bridgehead atoms. The minimum absolute atomic E-state index is 0.213. The second-order valence-corrected chi connectivity index (χ2v) is 5.11. The van der Waals surface area contributed by atoms with Crippen LogP contribution in [0, 0.1) is 18.7 Å². The van der Waals surface area contributed by atoms with Gasteiger partial charge in [-0.1, -0.05) is 13.8 Å². The Morgan fingerprint density at radius 1 is 1.27 bits per heavy atom. The van der Waals surface area contributed by atoms with Crippen molar-refractivity contribution in [2.24, 2.45) is 5.92 Å². The quantitative estimate of drug-likeness (QED) is 0.863. The van der Waals surface area contributed by atoms with Crippen LogP contribution in [-0.4, -0.2) is 6.04 Å². The molecule has 0 aliphatic rings. The number of benzene rings is 1. The fourth-order valence-electron chi connectivity index (χ4n) is 1.21. The van der Waals surface area contributed by atoms with Gasteiger partial charge in [-0.05, 0) is 53.4 Å². The van der Waals surface area contributed by atoms with Crippen molar-refractivity contribution in [2.45, 2.75) is 33.7 Å². The average molecular weight is 274 g/mol. The lowest BCUT2D eigenvalue weighted by Crippen LogP contribution is -2.22. The fourth-order valence-corrected chi connectivity index (χ4v) is 1.56. The van der Waals surface area contributed by atoms with Crippen molar-refractivity contribution < 1.29 is 4.39 Å². The Bertz CT molecular complexity index is 350. The number of nitrogens with one attached hydrogen (secondary N) is 1. The standard InChI is InChI=1S/C12H17BrFN/c1-7(2)9(4)15-12-6-10(13)11(14)5-8(12)3/h5-7,9,15H,1-4H3. The van der Waals surface area contributed by atoms with Gasteiger partial charge in [0.05, 0.1) is 4.47 Å².